The number of amides is 2. The molecule has 1 aromatic carbocycles. The standard InChI is InChI=1S/C17H16N4O2/c1-12-5-2-3-6-13(12)21-17(22)20-11-14-16(19-9-8-18-14)15-7-4-10-23-15/h2-10H,11H2,1H3,(H2,20,21,22). The Morgan fingerprint density at radius 3 is 2.74 bits per heavy atom. The molecule has 0 saturated heterocycles. The molecule has 0 radical (unpaired) electrons. The van der Waals surface area contributed by atoms with Crippen LogP contribution in [0.5, 0.6) is 0 Å². The molecule has 2 amide bonds. The molecule has 0 saturated carbocycles. The third kappa shape index (κ3) is 3.55. The lowest BCUT2D eigenvalue weighted by molar-refractivity contribution is 0.251. The second kappa shape index (κ2) is 6.74. The number of hydrogen-bond acceptors (Lipinski definition) is 4. The summed E-state index contributed by atoms with van der Waals surface area (Å²) in [7, 11) is 0. The highest BCUT2D eigenvalue weighted by Crippen LogP contribution is 2.19. The second-order valence-corrected chi connectivity index (χ2v) is 4.95. The van der Waals surface area contributed by atoms with Crippen LogP contribution in [0.4, 0.5) is 10.5 Å². The molecule has 0 unspecified atom stereocenters. The van der Waals surface area contributed by atoms with Crippen molar-refractivity contribution in [2.75, 3.05) is 5.32 Å². The van der Waals surface area contributed by atoms with Gasteiger partial charge in [0.1, 0.15) is 5.69 Å². The largest absolute Gasteiger partial charge is 0.463 e. The van der Waals surface area contributed by atoms with Gasteiger partial charge in [0, 0.05) is 18.1 Å². The van der Waals surface area contributed by atoms with Crippen molar-refractivity contribution in [3.05, 3.63) is 66.3 Å². The first kappa shape index (κ1) is 14.8. The van der Waals surface area contributed by atoms with Gasteiger partial charge in [-0.25, -0.2) is 9.78 Å². The molecule has 3 rings (SSSR count). The second-order valence-electron chi connectivity index (χ2n) is 4.95. The Balaban J connectivity index is 1.67. The van der Waals surface area contributed by atoms with Crippen molar-refractivity contribution >= 4 is 11.7 Å². The van der Waals surface area contributed by atoms with Crippen molar-refractivity contribution in [2.45, 2.75) is 13.5 Å². The average Bonchev–Trinajstić information content (AvgIpc) is 3.10. The fourth-order valence-electron chi connectivity index (χ4n) is 2.16. The van der Waals surface area contributed by atoms with E-state index in [0.29, 0.717) is 17.1 Å². The van der Waals surface area contributed by atoms with Crippen molar-refractivity contribution in [3.8, 4) is 11.5 Å². The number of rotatable bonds is 4. The lowest BCUT2D eigenvalue weighted by atomic mass is 10.2. The normalized spacial score (nSPS) is 10.3. The van der Waals surface area contributed by atoms with Crippen molar-refractivity contribution in [1.29, 1.82) is 0 Å². The number of para-hydroxylation sites is 1. The van der Waals surface area contributed by atoms with E-state index in [0.717, 1.165) is 11.3 Å². The number of urea groups is 1. The molecule has 2 N–H and O–H groups in total. The Morgan fingerprint density at radius 2 is 1.96 bits per heavy atom. The summed E-state index contributed by atoms with van der Waals surface area (Å²) < 4.78 is 5.35. The van der Waals surface area contributed by atoms with Crippen LogP contribution < -0.4 is 10.6 Å². The number of aromatic nitrogens is 2. The van der Waals surface area contributed by atoms with Gasteiger partial charge >= 0.3 is 6.03 Å². The summed E-state index contributed by atoms with van der Waals surface area (Å²) in [5.74, 6) is 0.620. The molecule has 0 aliphatic heterocycles. The van der Waals surface area contributed by atoms with Crippen LogP contribution in [0.2, 0.25) is 0 Å². The van der Waals surface area contributed by atoms with E-state index in [9.17, 15) is 4.79 Å². The van der Waals surface area contributed by atoms with E-state index < -0.39 is 0 Å². The summed E-state index contributed by atoms with van der Waals surface area (Å²) in [4.78, 5) is 20.6. The minimum atomic E-state index is -0.296. The van der Waals surface area contributed by atoms with Crippen molar-refractivity contribution in [1.82, 2.24) is 15.3 Å². The van der Waals surface area contributed by atoms with Crippen molar-refractivity contribution in [3.63, 3.8) is 0 Å². The summed E-state index contributed by atoms with van der Waals surface area (Å²) in [5, 5.41) is 5.60. The zero-order valence-electron chi connectivity index (χ0n) is 12.6. The van der Waals surface area contributed by atoms with Crippen molar-refractivity contribution in [2.24, 2.45) is 0 Å². The quantitative estimate of drug-likeness (QED) is 0.774. The Kier molecular flexibility index (Phi) is 4.33. The van der Waals surface area contributed by atoms with Crippen LogP contribution in [0.3, 0.4) is 0 Å². The van der Waals surface area contributed by atoms with Crippen LogP contribution in [0.1, 0.15) is 11.3 Å². The first-order chi connectivity index (χ1) is 11.2. The van der Waals surface area contributed by atoms with E-state index in [2.05, 4.69) is 20.6 Å². The highest BCUT2D eigenvalue weighted by Gasteiger charge is 2.11. The summed E-state index contributed by atoms with van der Waals surface area (Å²) in [6.45, 7) is 2.19. The Bertz CT molecular complexity index is 800. The predicted octanol–water partition coefficient (Wildman–Crippen LogP) is 3.37. The highest BCUT2D eigenvalue weighted by molar-refractivity contribution is 5.90. The molecule has 2 heterocycles. The average molecular weight is 308 g/mol. The Labute approximate surface area is 133 Å². The zero-order chi connectivity index (χ0) is 16.1. The molecule has 6 heteroatoms. The molecule has 23 heavy (non-hydrogen) atoms. The molecule has 0 spiro atoms. The Morgan fingerprint density at radius 1 is 1.13 bits per heavy atom. The van der Waals surface area contributed by atoms with Gasteiger partial charge in [-0.2, -0.15) is 0 Å². The maximum atomic E-state index is 12.0. The van der Waals surface area contributed by atoms with Gasteiger partial charge in [0.05, 0.1) is 18.5 Å². The van der Waals surface area contributed by atoms with Crippen LogP contribution in [-0.4, -0.2) is 16.0 Å². The van der Waals surface area contributed by atoms with Gasteiger partial charge < -0.3 is 15.1 Å². The van der Waals surface area contributed by atoms with Gasteiger partial charge in [0.15, 0.2) is 5.76 Å². The fraction of sp³-hybridized carbons (Fsp3) is 0.118. The summed E-state index contributed by atoms with van der Waals surface area (Å²) >= 11 is 0. The van der Waals surface area contributed by atoms with Gasteiger partial charge in [0.25, 0.3) is 0 Å². The fourth-order valence-corrected chi connectivity index (χ4v) is 2.16. The van der Waals surface area contributed by atoms with Gasteiger partial charge in [0.2, 0.25) is 0 Å². The molecule has 0 aliphatic carbocycles. The number of aryl methyl sites for hydroxylation is 1. The third-order valence-corrected chi connectivity index (χ3v) is 3.34. The van der Waals surface area contributed by atoms with Gasteiger partial charge in [-0.05, 0) is 30.7 Å². The Hall–Kier alpha value is -3.15. The smallest absolute Gasteiger partial charge is 0.319 e. The highest BCUT2D eigenvalue weighted by atomic mass is 16.3. The van der Waals surface area contributed by atoms with E-state index in [-0.39, 0.29) is 12.6 Å². The number of anilines is 1. The van der Waals surface area contributed by atoms with Crippen LogP contribution in [0.25, 0.3) is 11.5 Å². The molecule has 0 fully saturated rings. The maximum Gasteiger partial charge on any atom is 0.319 e. The van der Waals surface area contributed by atoms with Gasteiger partial charge in [-0.3, -0.25) is 4.98 Å². The number of nitrogens with zero attached hydrogens (tertiary/aromatic N) is 2. The molecule has 6 nitrogen and oxygen atoms in total. The summed E-state index contributed by atoms with van der Waals surface area (Å²) in [5.41, 5.74) is 3.03. The number of hydrogen-bond donors (Lipinski definition) is 2. The van der Waals surface area contributed by atoms with Crippen molar-refractivity contribution < 1.29 is 9.21 Å². The maximum absolute atomic E-state index is 12.0. The lowest BCUT2D eigenvalue weighted by Crippen LogP contribution is -2.29. The predicted molar refractivity (Wildman–Crippen MR) is 86.8 cm³/mol. The SMILES string of the molecule is Cc1ccccc1NC(=O)NCc1nccnc1-c1ccco1. The molecule has 3 aromatic rings. The third-order valence-electron chi connectivity index (χ3n) is 3.34. The summed E-state index contributed by atoms with van der Waals surface area (Å²) in [6.07, 6.45) is 4.75. The first-order valence-electron chi connectivity index (χ1n) is 7.18. The van der Waals surface area contributed by atoms with Crippen LogP contribution in [-0.2, 0) is 6.54 Å². The first-order valence-corrected chi connectivity index (χ1v) is 7.18. The minimum Gasteiger partial charge on any atom is -0.463 e. The number of benzene rings is 1. The molecule has 0 atom stereocenters. The van der Waals surface area contributed by atoms with Gasteiger partial charge in [-0.1, -0.05) is 18.2 Å². The van der Waals surface area contributed by atoms with Crippen LogP contribution in [0, 0.1) is 6.92 Å². The monoisotopic (exact) mass is 308 g/mol. The van der Waals surface area contributed by atoms with Crippen LogP contribution in [0.15, 0.2) is 59.5 Å². The lowest BCUT2D eigenvalue weighted by Gasteiger charge is -2.10. The molecular formula is C17H16N4O2. The number of carbonyl (C=O) groups is 1. The number of nitrogens with one attached hydrogen (secondary N) is 2. The van der Waals surface area contributed by atoms with Crippen LogP contribution >= 0.6 is 0 Å². The van der Waals surface area contributed by atoms with E-state index in [1.807, 2.05) is 31.2 Å². The zero-order valence-corrected chi connectivity index (χ0v) is 12.6. The molecule has 2 aromatic heterocycles. The van der Waals surface area contributed by atoms with E-state index >= 15 is 0 Å². The molecular weight excluding hydrogens is 292 g/mol. The van der Waals surface area contributed by atoms with Gasteiger partial charge in [-0.15, -0.1) is 0 Å². The molecule has 116 valence electrons. The minimum absolute atomic E-state index is 0.252. The van der Waals surface area contributed by atoms with E-state index in [1.54, 1.807) is 30.8 Å². The molecule has 0 bridgehead atoms. The van der Waals surface area contributed by atoms with E-state index in [1.165, 1.54) is 0 Å². The number of furan rings is 1. The van der Waals surface area contributed by atoms with E-state index in [4.69, 9.17) is 4.42 Å². The number of carbonyl (C=O) groups excluding carboxylic acids is 1. The topological polar surface area (TPSA) is 80.0 Å². The molecule has 0 aliphatic rings. The summed E-state index contributed by atoms with van der Waals surface area (Å²) in [6, 6.07) is 10.9.